The molecular formula is C33H39F4N5O4. The topological polar surface area (TPSA) is 102 Å². The van der Waals surface area contributed by atoms with Crippen LogP contribution in [0.25, 0.3) is 10.9 Å². The number of likely N-dealkylation sites (tertiary alicyclic amines) is 1. The van der Waals surface area contributed by atoms with E-state index in [9.17, 15) is 27.2 Å². The number of anilines is 2. The smallest absolute Gasteiger partial charge is 0.415 e. The van der Waals surface area contributed by atoms with Gasteiger partial charge in [-0.15, -0.1) is 0 Å². The first-order valence-electron chi connectivity index (χ1n) is 14.9. The second kappa shape index (κ2) is 13.9. The number of aromatic nitrogens is 1. The van der Waals surface area contributed by atoms with Crippen molar-refractivity contribution < 1.29 is 36.6 Å². The summed E-state index contributed by atoms with van der Waals surface area (Å²) in [5, 5.41) is 3.66. The van der Waals surface area contributed by atoms with Crippen LogP contribution in [0.1, 0.15) is 50.2 Å². The van der Waals surface area contributed by atoms with Crippen molar-refractivity contribution in [2.24, 2.45) is 5.73 Å². The van der Waals surface area contributed by atoms with Crippen molar-refractivity contribution in [2.45, 2.75) is 64.7 Å². The summed E-state index contributed by atoms with van der Waals surface area (Å²) in [6.07, 6.45) is -5.95. The molecule has 0 spiro atoms. The second-order valence-electron chi connectivity index (χ2n) is 12.1. The number of carbonyl (C=O) groups is 2. The minimum Gasteiger partial charge on any atom is -0.492 e. The summed E-state index contributed by atoms with van der Waals surface area (Å²) in [6, 6.07) is 10.2. The van der Waals surface area contributed by atoms with Gasteiger partial charge in [0.25, 0.3) is 0 Å². The maximum atomic E-state index is 14.8. The highest BCUT2D eigenvalue weighted by molar-refractivity contribution is 5.96. The number of hydrogen-bond donors (Lipinski definition) is 2. The first kappa shape index (κ1) is 34.4. The standard InChI is InChI=1S/C33H39F4N5O4/c1-6-45-29-17-21(30(38)43)12-13-28(29)41(31(44)46-32(2,3)4)15-8-9-22-18-23-25(39-26-14-16-40(5)19-24(26)34)10-7-11-27(23)42(22)20-33(35,36)37/h7,10-13,17-18,24,26,39H,6,14-16,19-20H2,1-5H3,(H2,38,43)/t24-,26+/m0/s1. The van der Waals surface area contributed by atoms with Crippen molar-refractivity contribution in [3.8, 4) is 17.6 Å². The number of benzene rings is 2. The third kappa shape index (κ3) is 8.63. The Labute approximate surface area is 265 Å². The van der Waals surface area contributed by atoms with Gasteiger partial charge < -0.3 is 30.0 Å². The van der Waals surface area contributed by atoms with E-state index < -0.39 is 42.5 Å². The van der Waals surface area contributed by atoms with Crippen LogP contribution < -0.4 is 20.7 Å². The predicted octanol–water partition coefficient (Wildman–Crippen LogP) is 5.95. The molecule has 1 aliphatic rings. The van der Waals surface area contributed by atoms with Crippen LogP contribution in [-0.2, 0) is 11.3 Å². The molecule has 9 nitrogen and oxygen atoms in total. The van der Waals surface area contributed by atoms with Crippen LogP contribution in [0.5, 0.6) is 5.75 Å². The third-order valence-corrected chi connectivity index (χ3v) is 7.27. The van der Waals surface area contributed by atoms with Gasteiger partial charge in [0, 0.05) is 29.7 Å². The highest BCUT2D eigenvalue weighted by atomic mass is 19.4. The molecule has 0 saturated carbocycles. The maximum Gasteiger partial charge on any atom is 0.415 e. The summed E-state index contributed by atoms with van der Waals surface area (Å²) in [4.78, 5) is 28.2. The largest absolute Gasteiger partial charge is 0.492 e. The highest BCUT2D eigenvalue weighted by Gasteiger charge is 2.31. The van der Waals surface area contributed by atoms with Gasteiger partial charge in [0.1, 0.15) is 24.1 Å². The molecule has 1 saturated heterocycles. The van der Waals surface area contributed by atoms with Gasteiger partial charge in [0.15, 0.2) is 0 Å². The molecule has 248 valence electrons. The van der Waals surface area contributed by atoms with E-state index in [4.69, 9.17) is 15.2 Å². The van der Waals surface area contributed by atoms with Gasteiger partial charge in [-0.2, -0.15) is 13.2 Å². The first-order valence-corrected chi connectivity index (χ1v) is 14.9. The van der Waals surface area contributed by atoms with Crippen LogP contribution in [0.4, 0.5) is 33.7 Å². The van der Waals surface area contributed by atoms with Gasteiger partial charge in [-0.3, -0.25) is 9.69 Å². The summed E-state index contributed by atoms with van der Waals surface area (Å²) in [7, 11) is 1.84. The number of amides is 2. The van der Waals surface area contributed by atoms with E-state index in [0.29, 0.717) is 24.0 Å². The van der Waals surface area contributed by atoms with Crippen LogP contribution in [0, 0.1) is 11.8 Å². The van der Waals surface area contributed by atoms with Gasteiger partial charge in [-0.05, 0) is 83.5 Å². The fourth-order valence-electron chi connectivity index (χ4n) is 5.22. The minimum atomic E-state index is -4.55. The van der Waals surface area contributed by atoms with Crippen molar-refractivity contribution in [1.29, 1.82) is 0 Å². The molecular weight excluding hydrogens is 606 g/mol. The van der Waals surface area contributed by atoms with Crippen molar-refractivity contribution in [3.63, 3.8) is 0 Å². The molecule has 1 aliphatic heterocycles. The zero-order valence-corrected chi connectivity index (χ0v) is 26.5. The quantitative estimate of drug-likeness (QED) is 0.232. The van der Waals surface area contributed by atoms with Gasteiger partial charge in [-0.1, -0.05) is 12.0 Å². The van der Waals surface area contributed by atoms with E-state index in [1.54, 1.807) is 45.9 Å². The zero-order valence-electron chi connectivity index (χ0n) is 26.5. The Morgan fingerprint density at radius 1 is 1.15 bits per heavy atom. The van der Waals surface area contributed by atoms with Crippen molar-refractivity contribution in [2.75, 3.05) is 43.5 Å². The van der Waals surface area contributed by atoms with Gasteiger partial charge in [0.2, 0.25) is 5.91 Å². The summed E-state index contributed by atoms with van der Waals surface area (Å²) in [5.74, 6) is 5.12. The van der Waals surface area contributed by atoms with Gasteiger partial charge in [0.05, 0.1) is 36.1 Å². The van der Waals surface area contributed by atoms with Crippen LogP contribution in [0.15, 0.2) is 42.5 Å². The Hall–Kier alpha value is -4.44. The Bertz CT molecular complexity index is 1640. The predicted molar refractivity (Wildman–Crippen MR) is 169 cm³/mol. The van der Waals surface area contributed by atoms with Crippen molar-refractivity contribution >= 4 is 34.3 Å². The SMILES string of the molecule is CCOc1cc(C(N)=O)ccc1N(CC#Cc1cc2c(N[C@@H]3CCN(C)C[C@@H]3F)cccc2n1CC(F)(F)F)C(=O)OC(C)(C)C. The number of fused-ring (bicyclic) bond motifs is 1. The summed E-state index contributed by atoms with van der Waals surface area (Å²) < 4.78 is 68.5. The lowest BCUT2D eigenvalue weighted by molar-refractivity contribution is -0.140. The van der Waals surface area contributed by atoms with Crippen LogP contribution in [0.2, 0.25) is 0 Å². The van der Waals surface area contributed by atoms with Crippen molar-refractivity contribution in [3.05, 3.63) is 53.7 Å². The number of alkyl halides is 4. The number of hydrogen-bond acceptors (Lipinski definition) is 6. The van der Waals surface area contributed by atoms with Gasteiger partial charge in [-0.25, -0.2) is 9.18 Å². The molecule has 3 N–H and O–H groups in total. The molecule has 0 bridgehead atoms. The van der Waals surface area contributed by atoms with E-state index in [-0.39, 0.29) is 47.9 Å². The minimum absolute atomic E-state index is 0.0556. The highest BCUT2D eigenvalue weighted by Crippen LogP contribution is 2.33. The number of nitrogens with one attached hydrogen (secondary N) is 1. The Morgan fingerprint density at radius 2 is 1.89 bits per heavy atom. The molecule has 3 aromatic rings. The maximum absolute atomic E-state index is 14.8. The Kier molecular flexibility index (Phi) is 10.4. The normalized spacial score (nSPS) is 17.2. The number of rotatable bonds is 8. The average molecular weight is 646 g/mol. The van der Waals surface area contributed by atoms with E-state index >= 15 is 0 Å². The molecule has 0 aliphatic carbocycles. The number of nitrogens with zero attached hydrogens (tertiary/aromatic N) is 3. The Balaban J connectivity index is 1.75. The molecule has 0 radical (unpaired) electrons. The number of piperidine rings is 1. The van der Waals surface area contributed by atoms with E-state index in [1.165, 1.54) is 29.2 Å². The molecule has 0 unspecified atom stereocenters. The second-order valence-corrected chi connectivity index (χ2v) is 12.1. The van der Waals surface area contributed by atoms with E-state index in [2.05, 4.69) is 17.2 Å². The summed E-state index contributed by atoms with van der Waals surface area (Å²) >= 11 is 0. The lowest BCUT2D eigenvalue weighted by atomic mass is 10.0. The molecule has 2 heterocycles. The number of halogens is 4. The monoisotopic (exact) mass is 645 g/mol. The molecule has 1 aromatic heterocycles. The fourth-order valence-corrected chi connectivity index (χ4v) is 5.22. The van der Waals surface area contributed by atoms with Crippen LogP contribution in [-0.4, -0.2) is 78.7 Å². The average Bonchev–Trinajstić information content (AvgIpc) is 3.28. The molecule has 2 atom stereocenters. The molecule has 2 aromatic carbocycles. The number of ether oxygens (including phenoxy) is 2. The lowest BCUT2D eigenvalue weighted by Gasteiger charge is -2.33. The molecule has 4 rings (SSSR count). The fraction of sp³-hybridized carbons (Fsp3) is 0.455. The first-order chi connectivity index (χ1) is 21.6. The summed E-state index contributed by atoms with van der Waals surface area (Å²) in [6.45, 7) is 6.34. The van der Waals surface area contributed by atoms with Gasteiger partial charge >= 0.3 is 12.3 Å². The van der Waals surface area contributed by atoms with E-state index in [0.717, 1.165) is 4.57 Å². The van der Waals surface area contributed by atoms with E-state index in [1.807, 2.05) is 11.9 Å². The molecule has 46 heavy (non-hydrogen) atoms. The molecule has 13 heteroatoms. The molecule has 2 amide bonds. The molecule has 1 fully saturated rings. The number of carbonyl (C=O) groups excluding carboxylic acids is 2. The van der Waals surface area contributed by atoms with Crippen LogP contribution in [0.3, 0.4) is 0 Å². The number of nitrogens with two attached hydrogens (primary N) is 1. The zero-order chi connectivity index (χ0) is 33.8. The Morgan fingerprint density at radius 3 is 2.52 bits per heavy atom. The summed E-state index contributed by atoms with van der Waals surface area (Å²) in [5.41, 5.74) is 5.78. The third-order valence-electron chi connectivity index (χ3n) is 7.27. The van der Waals surface area contributed by atoms with Crippen molar-refractivity contribution in [1.82, 2.24) is 9.47 Å². The lowest BCUT2D eigenvalue weighted by Crippen LogP contribution is -2.46. The number of primary amides is 1. The van der Waals surface area contributed by atoms with Crippen LogP contribution >= 0.6 is 0 Å².